The average Bonchev–Trinajstić information content (AvgIpc) is 2.78. The fourth-order valence-corrected chi connectivity index (χ4v) is 1.83. The second-order valence-corrected chi connectivity index (χ2v) is 4.65. The van der Waals surface area contributed by atoms with Crippen molar-refractivity contribution < 1.29 is 4.52 Å². The Morgan fingerprint density at radius 2 is 2.06 bits per heavy atom. The van der Waals surface area contributed by atoms with Crippen LogP contribution in [0.25, 0.3) is 0 Å². The van der Waals surface area contributed by atoms with Crippen LogP contribution in [0.4, 0.5) is 5.95 Å². The third kappa shape index (κ3) is 3.17. The van der Waals surface area contributed by atoms with Gasteiger partial charge in [-0.25, -0.2) is 0 Å². The zero-order valence-electron chi connectivity index (χ0n) is 10.6. The zero-order chi connectivity index (χ0) is 12.3. The Hall–Kier alpha value is -1.14. The van der Waals surface area contributed by atoms with Gasteiger partial charge in [-0.3, -0.25) is 0 Å². The van der Waals surface area contributed by atoms with E-state index in [0.29, 0.717) is 18.3 Å². The number of hydrogen-bond donors (Lipinski definition) is 1. The van der Waals surface area contributed by atoms with Gasteiger partial charge in [0, 0.05) is 38.6 Å². The minimum atomic E-state index is 0.107. The molecule has 17 heavy (non-hydrogen) atoms. The summed E-state index contributed by atoms with van der Waals surface area (Å²) in [6.07, 6.45) is 1.59. The smallest absolute Gasteiger partial charge is 0.266 e. The highest BCUT2D eigenvalue weighted by atomic mass is 16.5. The topological polar surface area (TPSA) is 71.4 Å². The number of nitrogens with two attached hydrogens (primary N) is 1. The average molecular weight is 239 g/mol. The molecule has 0 amide bonds. The summed E-state index contributed by atoms with van der Waals surface area (Å²) in [6, 6.07) is 0.107. The largest absolute Gasteiger partial charge is 0.337 e. The Bertz CT molecular complexity index is 345. The number of anilines is 1. The SMILES string of the molecule is CCC(N)Cc1nc(N2CCN(C)CC2)no1. The van der Waals surface area contributed by atoms with Crippen molar-refractivity contribution in [2.75, 3.05) is 38.1 Å². The third-order valence-electron chi connectivity index (χ3n) is 3.20. The van der Waals surface area contributed by atoms with Gasteiger partial charge >= 0.3 is 0 Å². The highest BCUT2D eigenvalue weighted by Gasteiger charge is 2.19. The van der Waals surface area contributed by atoms with E-state index in [9.17, 15) is 0 Å². The first-order chi connectivity index (χ1) is 8.19. The summed E-state index contributed by atoms with van der Waals surface area (Å²) in [4.78, 5) is 8.85. The van der Waals surface area contributed by atoms with Crippen LogP contribution >= 0.6 is 0 Å². The molecule has 1 unspecified atom stereocenters. The van der Waals surface area contributed by atoms with Gasteiger partial charge < -0.3 is 20.1 Å². The lowest BCUT2D eigenvalue weighted by Crippen LogP contribution is -2.44. The molecule has 2 rings (SSSR count). The first-order valence-corrected chi connectivity index (χ1v) is 6.20. The van der Waals surface area contributed by atoms with Crippen molar-refractivity contribution in [2.24, 2.45) is 5.73 Å². The fourth-order valence-electron chi connectivity index (χ4n) is 1.83. The Balaban J connectivity index is 1.93. The number of nitrogens with zero attached hydrogens (tertiary/aromatic N) is 4. The van der Waals surface area contributed by atoms with E-state index in [0.717, 1.165) is 32.6 Å². The van der Waals surface area contributed by atoms with Gasteiger partial charge in [-0.05, 0) is 18.6 Å². The van der Waals surface area contributed by atoms with E-state index in [-0.39, 0.29) is 6.04 Å². The number of rotatable bonds is 4. The molecule has 6 nitrogen and oxygen atoms in total. The molecule has 1 saturated heterocycles. The van der Waals surface area contributed by atoms with Crippen molar-refractivity contribution in [1.29, 1.82) is 0 Å². The van der Waals surface area contributed by atoms with Crippen molar-refractivity contribution in [1.82, 2.24) is 15.0 Å². The molecule has 1 aliphatic rings. The summed E-state index contributed by atoms with van der Waals surface area (Å²) >= 11 is 0. The number of aromatic nitrogens is 2. The van der Waals surface area contributed by atoms with Crippen LogP contribution in [0.1, 0.15) is 19.2 Å². The van der Waals surface area contributed by atoms with Gasteiger partial charge in [0.1, 0.15) is 0 Å². The van der Waals surface area contributed by atoms with E-state index in [2.05, 4.69) is 33.9 Å². The molecule has 1 atom stereocenters. The highest BCUT2D eigenvalue weighted by Crippen LogP contribution is 2.12. The molecule has 1 aliphatic heterocycles. The van der Waals surface area contributed by atoms with Crippen LogP contribution in [-0.2, 0) is 6.42 Å². The molecule has 6 heteroatoms. The van der Waals surface area contributed by atoms with Crippen LogP contribution in [-0.4, -0.2) is 54.3 Å². The van der Waals surface area contributed by atoms with Crippen molar-refractivity contribution in [3.05, 3.63) is 5.89 Å². The van der Waals surface area contributed by atoms with Crippen molar-refractivity contribution in [3.63, 3.8) is 0 Å². The number of hydrogen-bond acceptors (Lipinski definition) is 6. The van der Waals surface area contributed by atoms with Gasteiger partial charge in [0.2, 0.25) is 5.89 Å². The lowest BCUT2D eigenvalue weighted by atomic mass is 10.2. The van der Waals surface area contributed by atoms with Gasteiger partial charge in [-0.1, -0.05) is 6.92 Å². The third-order valence-corrected chi connectivity index (χ3v) is 3.20. The molecule has 0 aromatic carbocycles. The standard InChI is InChI=1S/C11H21N5O/c1-3-9(12)8-10-13-11(14-17-10)16-6-4-15(2)5-7-16/h9H,3-8,12H2,1-2H3. The van der Waals surface area contributed by atoms with Gasteiger partial charge in [-0.15, -0.1) is 0 Å². The maximum atomic E-state index is 5.86. The van der Waals surface area contributed by atoms with Gasteiger partial charge in [0.05, 0.1) is 0 Å². The van der Waals surface area contributed by atoms with Crippen LogP contribution in [0.2, 0.25) is 0 Å². The maximum absolute atomic E-state index is 5.86. The highest BCUT2D eigenvalue weighted by molar-refractivity contribution is 5.28. The summed E-state index contributed by atoms with van der Waals surface area (Å²) < 4.78 is 5.22. The van der Waals surface area contributed by atoms with Crippen LogP contribution in [0, 0.1) is 0 Å². The summed E-state index contributed by atoms with van der Waals surface area (Å²) in [5.74, 6) is 1.35. The normalized spacial score (nSPS) is 19.6. The predicted molar refractivity (Wildman–Crippen MR) is 66.0 cm³/mol. The van der Waals surface area contributed by atoms with Gasteiger partial charge in [0.15, 0.2) is 0 Å². The summed E-state index contributed by atoms with van der Waals surface area (Å²) in [7, 11) is 2.12. The minimum absolute atomic E-state index is 0.107. The van der Waals surface area contributed by atoms with E-state index in [4.69, 9.17) is 10.3 Å². The molecule has 1 fully saturated rings. The van der Waals surface area contributed by atoms with E-state index < -0.39 is 0 Å². The van der Waals surface area contributed by atoms with Crippen LogP contribution in [0.15, 0.2) is 4.52 Å². The number of piperazine rings is 1. The van der Waals surface area contributed by atoms with E-state index in [1.165, 1.54) is 0 Å². The molecule has 0 radical (unpaired) electrons. The van der Waals surface area contributed by atoms with E-state index in [1.54, 1.807) is 0 Å². The maximum Gasteiger partial charge on any atom is 0.266 e. The van der Waals surface area contributed by atoms with Gasteiger partial charge in [-0.2, -0.15) is 4.98 Å². The summed E-state index contributed by atoms with van der Waals surface area (Å²) in [6.45, 7) is 6.05. The zero-order valence-corrected chi connectivity index (χ0v) is 10.6. The summed E-state index contributed by atoms with van der Waals surface area (Å²) in [5, 5.41) is 4.02. The van der Waals surface area contributed by atoms with Crippen molar-refractivity contribution in [3.8, 4) is 0 Å². The molecule has 0 spiro atoms. The van der Waals surface area contributed by atoms with Gasteiger partial charge in [0.25, 0.3) is 5.95 Å². The molecular weight excluding hydrogens is 218 g/mol. The van der Waals surface area contributed by atoms with E-state index >= 15 is 0 Å². The Kier molecular flexibility index (Phi) is 3.96. The molecule has 0 aliphatic carbocycles. The van der Waals surface area contributed by atoms with E-state index in [1.807, 2.05) is 0 Å². The Morgan fingerprint density at radius 3 is 2.71 bits per heavy atom. The van der Waals surface area contributed by atoms with Crippen molar-refractivity contribution in [2.45, 2.75) is 25.8 Å². The van der Waals surface area contributed by atoms with Crippen LogP contribution in [0.3, 0.4) is 0 Å². The predicted octanol–water partition coefficient (Wildman–Crippen LogP) is 0.101. The monoisotopic (exact) mass is 239 g/mol. The fraction of sp³-hybridized carbons (Fsp3) is 0.818. The summed E-state index contributed by atoms with van der Waals surface area (Å²) in [5.41, 5.74) is 5.86. The molecule has 0 bridgehead atoms. The molecule has 2 N–H and O–H groups in total. The first-order valence-electron chi connectivity index (χ1n) is 6.20. The molecule has 0 saturated carbocycles. The lowest BCUT2D eigenvalue weighted by Gasteiger charge is -2.31. The number of likely N-dealkylation sites (N-methyl/N-ethyl adjacent to an activating group) is 1. The minimum Gasteiger partial charge on any atom is -0.337 e. The molecule has 1 aromatic rings. The molecule has 1 aromatic heterocycles. The second kappa shape index (κ2) is 5.46. The molecular formula is C11H21N5O. The Morgan fingerprint density at radius 1 is 1.35 bits per heavy atom. The van der Waals surface area contributed by atoms with Crippen LogP contribution in [0.5, 0.6) is 0 Å². The second-order valence-electron chi connectivity index (χ2n) is 4.65. The molecule has 96 valence electrons. The lowest BCUT2D eigenvalue weighted by molar-refractivity contribution is 0.308. The Labute approximate surface area is 102 Å². The van der Waals surface area contributed by atoms with Crippen LogP contribution < -0.4 is 10.6 Å². The quantitative estimate of drug-likeness (QED) is 0.803. The first kappa shape index (κ1) is 12.3. The van der Waals surface area contributed by atoms with Crippen molar-refractivity contribution >= 4 is 5.95 Å². The molecule has 2 heterocycles.